The van der Waals surface area contributed by atoms with Crippen molar-refractivity contribution in [3.63, 3.8) is 0 Å². The maximum Gasteiger partial charge on any atom is 0.306 e. The van der Waals surface area contributed by atoms with Gasteiger partial charge in [-0.25, -0.2) is 9.97 Å². The van der Waals surface area contributed by atoms with E-state index in [1.165, 1.54) is 23.7 Å². The number of carboxylic acid groups (broad SMARTS) is 1. The average Bonchev–Trinajstić information content (AvgIpc) is 3.27. The Morgan fingerprint density at radius 2 is 2.12 bits per heavy atom. The van der Waals surface area contributed by atoms with Crippen molar-refractivity contribution in [3.05, 3.63) is 43.9 Å². The molecule has 1 aliphatic heterocycles. The molecule has 3 aliphatic rings. The van der Waals surface area contributed by atoms with Crippen LogP contribution in [-0.4, -0.2) is 31.4 Å². The molecule has 1 fully saturated rings. The first kappa shape index (κ1) is 19.9. The van der Waals surface area contributed by atoms with Gasteiger partial charge in [0.15, 0.2) is 5.78 Å². The molecule has 0 aromatic carbocycles. The number of carbonyl (C=O) groups is 2. The van der Waals surface area contributed by atoms with Gasteiger partial charge in [0.25, 0.3) is 5.56 Å². The Hall–Kier alpha value is -2.78. The summed E-state index contributed by atoms with van der Waals surface area (Å²) in [5, 5.41) is 13.7. The lowest BCUT2D eigenvalue weighted by atomic mass is 9.75. The standard InChI is InChI=1S/C22H19ClN4O4S/c23-12-7-13(20(29)27-17(12)14(28)8-22(27)4-1-5-22)26-18-16-11-3-2-10(21(30)31)6-15(11)32-19(16)25-9-24-18/h7,9-10H,1-6,8H2,(H,30,31)(H,24,25,26)/t10-/m0/s1. The van der Waals surface area contributed by atoms with E-state index in [4.69, 9.17) is 11.6 Å². The number of pyridine rings is 1. The molecular formula is C22H19ClN4O4S. The van der Waals surface area contributed by atoms with Gasteiger partial charge in [0, 0.05) is 11.3 Å². The molecule has 32 heavy (non-hydrogen) atoms. The molecule has 2 N–H and O–H groups in total. The Balaban J connectivity index is 1.46. The van der Waals surface area contributed by atoms with Gasteiger partial charge in [-0.1, -0.05) is 11.6 Å². The van der Waals surface area contributed by atoms with Crippen molar-refractivity contribution < 1.29 is 14.7 Å². The van der Waals surface area contributed by atoms with Crippen LogP contribution in [0.2, 0.25) is 5.02 Å². The highest BCUT2D eigenvalue weighted by molar-refractivity contribution is 7.19. The number of carboxylic acids is 1. The van der Waals surface area contributed by atoms with Gasteiger partial charge in [0.2, 0.25) is 0 Å². The summed E-state index contributed by atoms with van der Waals surface area (Å²) in [6, 6.07) is 1.51. The van der Waals surface area contributed by atoms with Crippen molar-refractivity contribution >= 4 is 56.4 Å². The van der Waals surface area contributed by atoms with Crippen LogP contribution in [0.25, 0.3) is 10.2 Å². The molecule has 2 aliphatic carbocycles. The molecule has 3 aromatic rings. The van der Waals surface area contributed by atoms with E-state index in [9.17, 15) is 19.5 Å². The second-order valence-electron chi connectivity index (χ2n) is 8.88. The summed E-state index contributed by atoms with van der Waals surface area (Å²) in [6.45, 7) is 0. The highest BCUT2D eigenvalue weighted by Crippen LogP contribution is 2.48. The lowest BCUT2D eigenvalue weighted by molar-refractivity contribution is -0.142. The first-order valence-corrected chi connectivity index (χ1v) is 11.8. The Morgan fingerprint density at radius 1 is 1.31 bits per heavy atom. The van der Waals surface area contributed by atoms with Crippen molar-refractivity contribution in [2.75, 3.05) is 5.32 Å². The number of aryl methyl sites for hydroxylation is 1. The van der Waals surface area contributed by atoms with E-state index in [-0.39, 0.29) is 22.1 Å². The normalized spacial score (nSPS) is 20.8. The van der Waals surface area contributed by atoms with Crippen LogP contribution in [0.1, 0.15) is 53.0 Å². The van der Waals surface area contributed by atoms with Gasteiger partial charge in [0.1, 0.15) is 28.4 Å². The highest BCUT2D eigenvalue weighted by atomic mass is 35.5. The van der Waals surface area contributed by atoms with E-state index in [1.807, 2.05) is 0 Å². The van der Waals surface area contributed by atoms with Crippen LogP contribution in [0.4, 0.5) is 11.5 Å². The molecule has 1 spiro atoms. The molecule has 0 unspecified atom stereocenters. The predicted molar refractivity (Wildman–Crippen MR) is 120 cm³/mol. The fraction of sp³-hybridized carbons (Fsp3) is 0.409. The van der Waals surface area contributed by atoms with E-state index < -0.39 is 17.4 Å². The number of ketones is 1. The van der Waals surface area contributed by atoms with E-state index >= 15 is 0 Å². The summed E-state index contributed by atoms with van der Waals surface area (Å²) in [5.74, 6) is -0.751. The lowest BCUT2D eigenvalue weighted by Crippen LogP contribution is -2.44. The zero-order valence-electron chi connectivity index (χ0n) is 17.0. The Labute approximate surface area is 191 Å². The van der Waals surface area contributed by atoms with E-state index in [2.05, 4.69) is 15.3 Å². The minimum Gasteiger partial charge on any atom is -0.481 e. The number of nitrogens with zero attached hydrogens (tertiary/aromatic N) is 3. The van der Waals surface area contributed by atoms with Gasteiger partial charge in [-0.2, -0.15) is 0 Å². The van der Waals surface area contributed by atoms with Crippen molar-refractivity contribution in [2.45, 2.75) is 50.5 Å². The fourth-order valence-corrected chi connectivity index (χ4v) is 6.94. The number of carbonyl (C=O) groups excluding carboxylic acids is 1. The average molecular weight is 471 g/mol. The summed E-state index contributed by atoms with van der Waals surface area (Å²) in [6.07, 6.45) is 5.99. The number of rotatable bonds is 3. The maximum atomic E-state index is 13.4. The second kappa shape index (κ2) is 6.86. The molecule has 0 bridgehead atoms. The van der Waals surface area contributed by atoms with Crippen molar-refractivity contribution in [2.24, 2.45) is 5.92 Å². The number of Topliss-reactive ketones (excluding diaryl/α,β-unsaturated/α-hetero) is 1. The smallest absolute Gasteiger partial charge is 0.306 e. The zero-order valence-corrected chi connectivity index (χ0v) is 18.6. The molecule has 3 aromatic heterocycles. The monoisotopic (exact) mass is 470 g/mol. The molecule has 6 rings (SSSR count). The van der Waals surface area contributed by atoms with Crippen LogP contribution >= 0.6 is 22.9 Å². The van der Waals surface area contributed by atoms with Crippen LogP contribution in [0.5, 0.6) is 0 Å². The number of fused-ring (bicyclic) bond motifs is 5. The number of aromatic nitrogens is 3. The first-order valence-electron chi connectivity index (χ1n) is 10.6. The second-order valence-corrected chi connectivity index (χ2v) is 10.4. The molecule has 0 amide bonds. The van der Waals surface area contributed by atoms with Crippen LogP contribution in [-0.2, 0) is 23.2 Å². The summed E-state index contributed by atoms with van der Waals surface area (Å²) in [5.41, 5.74) is 0.917. The molecule has 0 saturated heterocycles. The Morgan fingerprint density at radius 3 is 2.84 bits per heavy atom. The number of hydrogen-bond acceptors (Lipinski definition) is 7. The molecule has 4 heterocycles. The largest absolute Gasteiger partial charge is 0.481 e. The Kier molecular flexibility index (Phi) is 4.26. The molecule has 1 saturated carbocycles. The third-order valence-electron chi connectivity index (χ3n) is 7.11. The fourth-order valence-electron chi connectivity index (χ4n) is 5.38. The molecule has 164 valence electrons. The third kappa shape index (κ3) is 2.70. The van der Waals surface area contributed by atoms with Gasteiger partial charge < -0.3 is 10.4 Å². The Bertz CT molecular complexity index is 1390. The number of anilines is 2. The molecule has 8 nitrogen and oxygen atoms in total. The minimum absolute atomic E-state index is 0.0809. The van der Waals surface area contributed by atoms with Crippen LogP contribution in [0.3, 0.4) is 0 Å². The summed E-state index contributed by atoms with van der Waals surface area (Å²) in [4.78, 5) is 48.0. The summed E-state index contributed by atoms with van der Waals surface area (Å²) < 4.78 is 1.60. The van der Waals surface area contributed by atoms with Gasteiger partial charge >= 0.3 is 5.97 Å². The van der Waals surface area contributed by atoms with Gasteiger partial charge in [-0.05, 0) is 50.2 Å². The first-order chi connectivity index (χ1) is 15.4. The van der Waals surface area contributed by atoms with Gasteiger partial charge in [-0.3, -0.25) is 19.0 Å². The van der Waals surface area contributed by atoms with Crippen LogP contribution < -0.4 is 10.9 Å². The number of aliphatic carboxylic acids is 1. The van der Waals surface area contributed by atoms with E-state index in [0.717, 1.165) is 39.9 Å². The number of thiophene rings is 1. The number of hydrogen-bond donors (Lipinski definition) is 2. The molecule has 10 heteroatoms. The summed E-state index contributed by atoms with van der Waals surface area (Å²) in [7, 11) is 0. The highest BCUT2D eigenvalue weighted by Gasteiger charge is 2.49. The zero-order chi connectivity index (χ0) is 22.2. The number of nitrogens with one attached hydrogen (secondary N) is 1. The van der Waals surface area contributed by atoms with Gasteiger partial charge in [-0.15, -0.1) is 11.3 Å². The number of halogens is 1. The lowest BCUT2D eigenvalue weighted by Gasteiger charge is -2.39. The maximum absolute atomic E-state index is 13.4. The van der Waals surface area contributed by atoms with Crippen molar-refractivity contribution in [1.29, 1.82) is 0 Å². The SMILES string of the molecule is O=C1CC2(CCC2)n2c1c(Cl)cc(Nc1ncnc3sc4c(c13)CC[C@H](C(=O)O)C4)c2=O. The summed E-state index contributed by atoms with van der Waals surface area (Å²) >= 11 is 7.94. The minimum atomic E-state index is -0.780. The van der Waals surface area contributed by atoms with Crippen molar-refractivity contribution in [1.82, 2.24) is 14.5 Å². The molecule has 0 radical (unpaired) electrons. The third-order valence-corrected chi connectivity index (χ3v) is 8.56. The van der Waals surface area contributed by atoms with Crippen LogP contribution in [0.15, 0.2) is 17.2 Å². The van der Waals surface area contributed by atoms with Gasteiger partial charge in [0.05, 0.1) is 21.9 Å². The topological polar surface area (TPSA) is 114 Å². The quantitative estimate of drug-likeness (QED) is 0.596. The van der Waals surface area contributed by atoms with Crippen molar-refractivity contribution in [3.8, 4) is 0 Å². The molecule has 1 atom stereocenters. The predicted octanol–water partition coefficient (Wildman–Crippen LogP) is 3.91. The van der Waals surface area contributed by atoms with E-state index in [1.54, 1.807) is 4.57 Å². The van der Waals surface area contributed by atoms with E-state index in [0.29, 0.717) is 37.2 Å². The molecular weight excluding hydrogens is 452 g/mol. The van der Waals surface area contributed by atoms with Crippen LogP contribution in [0, 0.1) is 5.92 Å².